The average molecular weight is 285 g/mol. The highest BCUT2D eigenvalue weighted by atomic mass is 19.1. The van der Waals surface area contributed by atoms with Gasteiger partial charge in [-0.05, 0) is 29.8 Å². The van der Waals surface area contributed by atoms with Crippen molar-refractivity contribution in [2.45, 2.75) is 0 Å². The number of rotatable bonds is 3. The SMILES string of the molecule is N#C/C(=C\c1ccc(O)c([N+](=O)[O-])c1)c1ccc(F)cn1. The summed E-state index contributed by atoms with van der Waals surface area (Å²) in [4.78, 5) is 13.8. The minimum atomic E-state index is -0.727. The number of nitro groups is 1. The van der Waals surface area contributed by atoms with Crippen molar-refractivity contribution in [1.82, 2.24) is 4.98 Å². The van der Waals surface area contributed by atoms with Crippen LogP contribution in [0.4, 0.5) is 10.1 Å². The summed E-state index contributed by atoms with van der Waals surface area (Å²) < 4.78 is 12.8. The third kappa shape index (κ3) is 3.19. The fourth-order valence-corrected chi connectivity index (χ4v) is 1.64. The summed E-state index contributed by atoms with van der Waals surface area (Å²) in [6.07, 6.45) is 2.34. The Kier molecular flexibility index (Phi) is 3.90. The lowest BCUT2D eigenvalue weighted by Crippen LogP contribution is -1.91. The predicted octanol–water partition coefficient (Wildman–Crippen LogP) is 2.90. The number of pyridine rings is 1. The van der Waals surface area contributed by atoms with Crippen LogP contribution in [0, 0.1) is 27.3 Å². The Labute approximate surface area is 118 Å². The molecular weight excluding hydrogens is 277 g/mol. The summed E-state index contributed by atoms with van der Waals surface area (Å²) in [5.41, 5.74) is 0.250. The summed E-state index contributed by atoms with van der Waals surface area (Å²) in [5.74, 6) is -0.994. The Morgan fingerprint density at radius 2 is 2.19 bits per heavy atom. The van der Waals surface area contributed by atoms with Gasteiger partial charge in [-0.3, -0.25) is 15.1 Å². The molecule has 1 N–H and O–H groups in total. The topological polar surface area (TPSA) is 100 Å². The molecule has 0 atom stereocenters. The van der Waals surface area contributed by atoms with Crippen molar-refractivity contribution in [2.24, 2.45) is 0 Å². The number of aromatic nitrogens is 1. The molecule has 0 saturated carbocycles. The molecular formula is C14H8FN3O3. The first-order valence-corrected chi connectivity index (χ1v) is 5.72. The van der Waals surface area contributed by atoms with Gasteiger partial charge in [0.1, 0.15) is 11.9 Å². The molecule has 0 saturated heterocycles. The number of halogens is 1. The van der Waals surface area contributed by atoms with Gasteiger partial charge < -0.3 is 5.11 Å². The van der Waals surface area contributed by atoms with Crippen molar-refractivity contribution in [3.8, 4) is 11.8 Å². The van der Waals surface area contributed by atoms with Gasteiger partial charge in [-0.1, -0.05) is 6.07 Å². The summed E-state index contributed by atoms with van der Waals surface area (Å²) >= 11 is 0. The smallest absolute Gasteiger partial charge is 0.311 e. The van der Waals surface area contributed by atoms with Crippen LogP contribution in [-0.2, 0) is 0 Å². The zero-order valence-electron chi connectivity index (χ0n) is 10.5. The van der Waals surface area contributed by atoms with Crippen molar-refractivity contribution in [1.29, 1.82) is 5.26 Å². The fourth-order valence-electron chi connectivity index (χ4n) is 1.64. The van der Waals surface area contributed by atoms with Crippen molar-refractivity contribution < 1.29 is 14.4 Å². The average Bonchev–Trinajstić information content (AvgIpc) is 2.47. The highest BCUT2D eigenvalue weighted by molar-refractivity contribution is 5.88. The summed E-state index contributed by atoms with van der Waals surface area (Å²) in [6, 6.07) is 8.10. The van der Waals surface area contributed by atoms with E-state index in [1.54, 1.807) is 0 Å². The molecule has 1 aromatic heterocycles. The quantitative estimate of drug-likeness (QED) is 0.531. The molecule has 0 bridgehead atoms. The van der Waals surface area contributed by atoms with Crippen LogP contribution in [0.25, 0.3) is 11.6 Å². The standard InChI is InChI=1S/C14H8FN3O3/c15-11-2-3-12(17-8-11)10(7-16)5-9-1-4-14(19)13(6-9)18(20)21/h1-6,8,19H/b10-5+. The molecule has 0 aliphatic carbocycles. The number of phenolic OH excluding ortho intramolecular Hbond substituents is 1. The van der Waals surface area contributed by atoms with Crippen LogP contribution < -0.4 is 0 Å². The number of phenols is 1. The maximum atomic E-state index is 12.8. The first-order chi connectivity index (χ1) is 10.0. The Morgan fingerprint density at radius 1 is 1.43 bits per heavy atom. The van der Waals surface area contributed by atoms with E-state index in [4.69, 9.17) is 5.26 Å². The lowest BCUT2D eigenvalue weighted by molar-refractivity contribution is -0.385. The Hall–Kier alpha value is -3.27. The zero-order chi connectivity index (χ0) is 15.4. The van der Waals surface area contributed by atoms with Crippen LogP contribution in [0.1, 0.15) is 11.3 Å². The molecule has 0 aliphatic heterocycles. The van der Waals surface area contributed by atoms with Gasteiger partial charge in [0.25, 0.3) is 0 Å². The number of allylic oxidation sites excluding steroid dienone is 1. The number of benzene rings is 1. The van der Waals surface area contributed by atoms with Gasteiger partial charge >= 0.3 is 5.69 Å². The second-order valence-corrected chi connectivity index (χ2v) is 4.04. The van der Waals surface area contributed by atoms with Crippen LogP contribution in [0.5, 0.6) is 5.75 Å². The van der Waals surface area contributed by atoms with Gasteiger partial charge in [-0.15, -0.1) is 0 Å². The molecule has 0 spiro atoms. The molecule has 21 heavy (non-hydrogen) atoms. The molecule has 0 amide bonds. The normalized spacial score (nSPS) is 11.0. The van der Waals surface area contributed by atoms with Gasteiger partial charge in [-0.25, -0.2) is 4.39 Å². The first kappa shape index (κ1) is 14.1. The molecule has 2 aromatic rings. The lowest BCUT2D eigenvalue weighted by atomic mass is 10.1. The molecule has 0 aliphatic rings. The molecule has 0 fully saturated rings. The van der Waals surface area contributed by atoms with Crippen molar-refractivity contribution in [2.75, 3.05) is 0 Å². The minimum absolute atomic E-state index is 0.120. The second kappa shape index (κ2) is 5.79. The van der Waals surface area contributed by atoms with Gasteiger partial charge in [0.2, 0.25) is 0 Å². The van der Waals surface area contributed by atoms with Crippen LogP contribution in [0.2, 0.25) is 0 Å². The molecule has 104 valence electrons. The number of nitro benzene ring substituents is 1. The molecule has 1 heterocycles. The van der Waals surface area contributed by atoms with Crippen molar-refractivity contribution in [3.05, 3.63) is 63.7 Å². The van der Waals surface area contributed by atoms with Gasteiger partial charge in [0.15, 0.2) is 5.75 Å². The van der Waals surface area contributed by atoms with Gasteiger partial charge in [0.05, 0.1) is 22.4 Å². The fraction of sp³-hybridized carbons (Fsp3) is 0. The number of aromatic hydroxyl groups is 1. The molecule has 0 radical (unpaired) electrons. The largest absolute Gasteiger partial charge is 0.502 e. The highest BCUT2D eigenvalue weighted by Crippen LogP contribution is 2.28. The molecule has 1 aromatic carbocycles. The van der Waals surface area contributed by atoms with Gasteiger partial charge in [-0.2, -0.15) is 5.26 Å². The lowest BCUT2D eigenvalue weighted by Gasteiger charge is -2.00. The van der Waals surface area contributed by atoms with Crippen LogP contribution >= 0.6 is 0 Å². The maximum Gasteiger partial charge on any atom is 0.311 e. The van der Waals surface area contributed by atoms with E-state index in [9.17, 15) is 19.6 Å². The number of nitrogens with zero attached hydrogens (tertiary/aromatic N) is 3. The van der Waals surface area contributed by atoms with E-state index >= 15 is 0 Å². The molecule has 7 heteroatoms. The number of hydrogen-bond acceptors (Lipinski definition) is 5. The molecule has 2 rings (SSSR count). The predicted molar refractivity (Wildman–Crippen MR) is 72.4 cm³/mol. The Bertz CT molecular complexity index is 764. The summed E-state index contributed by atoms with van der Waals surface area (Å²) in [7, 11) is 0. The molecule has 0 unspecified atom stereocenters. The van der Waals surface area contributed by atoms with Crippen LogP contribution in [0.15, 0.2) is 36.5 Å². The number of nitriles is 1. The van der Waals surface area contributed by atoms with E-state index in [0.29, 0.717) is 5.56 Å². The Morgan fingerprint density at radius 3 is 2.76 bits per heavy atom. The van der Waals surface area contributed by atoms with E-state index in [-0.39, 0.29) is 11.3 Å². The summed E-state index contributed by atoms with van der Waals surface area (Å²) in [5, 5.41) is 29.2. The minimum Gasteiger partial charge on any atom is -0.502 e. The molecule has 6 nitrogen and oxygen atoms in total. The van der Waals surface area contributed by atoms with Crippen molar-refractivity contribution in [3.63, 3.8) is 0 Å². The van der Waals surface area contributed by atoms with Gasteiger partial charge in [0, 0.05) is 6.07 Å². The maximum absolute atomic E-state index is 12.8. The van der Waals surface area contributed by atoms with Crippen LogP contribution in [-0.4, -0.2) is 15.0 Å². The van der Waals surface area contributed by atoms with E-state index in [1.807, 2.05) is 6.07 Å². The van der Waals surface area contributed by atoms with Crippen LogP contribution in [0.3, 0.4) is 0 Å². The van der Waals surface area contributed by atoms with E-state index in [0.717, 1.165) is 24.4 Å². The number of hydrogen-bond donors (Lipinski definition) is 1. The monoisotopic (exact) mass is 285 g/mol. The Balaban J connectivity index is 2.46. The second-order valence-electron chi connectivity index (χ2n) is 4.04. The highest BCUT2D eigenvalue weighted by Gasteiger charge is 2.13. The van der Waals surface area contributed by atoms with E-state index < -0.39 is 22.2 Å². The third-order valence-electron chi connectivity index (χ3n) is 2.63. The van der Waals surface area contributed by atoms with E-state index in [1.165, 1.54) is 18.2 Å². The van der Waals surface area contributed by atoms with E-state index in [2.05, 4.69) is 4.98 Å². The third-order valence-corrected chi connectivity index (χ3v) is 2.63. The zero-order valence-corrected chi connectivity index (χ0v) is 10.5. The summed E-state index contributed by atoms with van der Waals surface area (Å²) in [6.45, 7) is 0. The first-order valence-electron chi connectivity index (χ1n) is 5.72. The van der Waals surface area contributed by atoms with Crippen molar-refractivity contribution >= 4 is 17.3 Å².